The molecule has 0 spiro atoms. The van der Waals surface area contributed by atoms with E-state index in [-0.39, 0.29) is 24.2 Å². The van der Waals surface area contributed by atoms with E-state index in [4.69, 9.17) is 21.5 Å². The molecule has 2 aliphatic carbocycles. The molecular formula is C12H23BN2O4. The maximum atomic E-state index is 11.5. The minimum absolute atomic E-state index is 0.109. The van der Waals surface area contributed by atoms with Gasteiger partial charge in [0.2, 0.25) is 0 Å². The second-order valence-corrected chi connectivity index (χ2v) is 6.22. The van der Waals surface area contributed by atoms with Crippen LogP contribution in [0.2, 0.25) is 6.32 Å². The molecule has 7 heteroatoms. The van der Waals surface area contributed by atoms with Gasteiger partial charge in [-0.25, -0.2) is 0 Å². The average Bonchev–Trinajstić information content (AvgIpc) is 2.74. The van der Waals surface area contributed by atoms with Crippen LogP contribution in [0.15, 0.2) is 0 Å². The molecule has 0 amide bonds. The minimum atomic E-state index is -1.33. The Balaban J connectivity index is 2.07. The molecule has 0 unspecified atom stereocenters. The number of fused-ring (bicyclic) bond motifs is 1. The molecule has 0 aromatic rings. The predicted octanol–water partition coefficient (Wildman–Crippen LogP) is -0.605. The van der Waals surface area contributed by atoms with Crippen molar-refractivity contribution in [1.29, 1.82) is 0 Å². The lowest BCUT2D eigenvalue weighted by atomic mass is 9.75. The summed E-state index contributed by atoms with van der Waals surface area (Å²) in [7, 11) is -1.33. The molecule has 0 radical (unpaired) electrons. The third-order valence-electron chi connectivity index (χ3n) is 4.94. The van der Waals surface area contributed by atoms with Crippen LogP contribution in [0.25, 0.3) is 0 Å². The molecule has 0 bridgehead atoms. The van der Waals surface area contributed by atoms with Crippen molar-refractivity contribution in [2.75, 3.05) is 0 Å². The number of hydrogen-bond acceptors (Lipinski definition) is 5. The Morgan fingerprint density at radius 1 is 1.37 bits per heavy atom. The van der Waals surface area contributed by atoms with Gasteiger partial charge in [0.1, 0.15) is 5.54 Å². The quantitative estimate of drug-likeness (QED) is 0.424. The zero-order chi connectivity index (χ0) is 14.2. The van der Waals surface area contributed by atoms with E-state index in [0.29, 0.717) is 25.2 Å². The lowest BCUT2D eigenvalue weighted by Crippen LogP contribution is -2.52. The van der Waals surface area contributed by atoms with E-state index >= 15 is 0 Å². The monoisotopic (exact) mass is 270 g/mol. The van der Waals surface area contributed by atoms with Crippen LogP contribution < -0.4 is 11.5 Å². The standard InChI is InChI=1S/C12H23BN2O4/c14-8-4-7-6-12(15,11(16)17)10(9(7)5-8)2-1-3-13(18)19/h7-10,18-19H,1-6,14-15H2,(H,16,17)/t7-,8-,9-,10+,12+/m1/s1. The van der Waals surface area contributed by atoms with Gasteiger partial charge in [-0.1, -0.05) is 6.42 Å². The van der Waals surface area contributed by atoms with Crippen LogP contribution in [0.5, 0.6) is 0 Å². The number of nitrogens with two attached hydrogens (primary N) is 2. The topological polar surface area (TPSA) is 130 Å². The molecule has 7 N–H and O–H groups in total. The number of carboxylic acid groups (broad SMARTS) is 1. The van der Waals surface area contributed by atoms with Crippen molar-refractivity contribution >= 4 is 13.1 Å². The summed E-state index contributed by atoms with van der Waals surface area (Å²) in [5.74, 6) is -0.473. The Morgan fingerprint density at radius 2 is 2.05 bits per heavy atom. The van der Waals surface area contributed by atoms with Gasteiger partial charge in [-0.3, -0.25) is 4.79 Å². The van der Waals surface area contributed by atoms with Gasteiger partial charge in [-0.05, 0) is 49.8 Å². The van der Waals surface area contributed by atoms with Crippen LogP contribution in [0.3, 0.4) is 0 Å². The van der Waals surface area contributed by atoms with Crippen molar-refractivity contribution in [1.82, 2.24) is 0 Å². The molecule has 6 nitrogen and oxygen atoms in total. The first-order valence-electron chi connectivity index (χ1n) is 6.98. The highest BCUT2D eigenvalue weighted by molar-refractivity contribution is 6.40. The van der Waals surface area contributed by atoms with E-state index in [2.05, 4.69) is 0 Å². The second kappa shape index (κ2) is 5.40. The van der Waals surface area contributed by atoms with Crippen molar-refractivity contribution in [2.24, 2.45) is 29.2 Å². The second-order valence-electron chi connectivity index (χ2n) is 6.22. The van der Waals surface area contributed by atoms with Crippen molar-refractivity contribution in [3.8, 4) is 0 Å². The van der Waals surface area contributed by atoms with Gasteiger partial charge in [0.25, 0.3) is 0 Å². The Morgan fingerprint density at radius 3 is 2.63 bits per heavy atom. The van der Waals surface area contributed by atoms with Gasteiger partial charge in [0, 0.05) is 6.04 Å². The molecule has 2 rings (SSSR count). The molecule has 19 heavy (non-hydrogen) atoms. The van der Waals surface area contributed by atoms with Gasteiger partial charge in [-0.2, -0.15) is 0 Å². The molecule has 0 saturated heterocycles. The summed E-state index contributed by atoms with van der Waals surface area (Å²) in [6.45, 7) is 0. The van der Waals surface area contributed by atoms with Crippen molar-refractivity contribution in [2.45, 2.75) is 50.0 Å². The molecule has 2 saturated carbocycles. The maximum absolute atomic E-state index is 11.5. The van der Waals surface area contributed by atoms with E-state index in [1.165, 1.54) is 0 Å². The first kappa shape index (κ1) is 14.8. The molecule has 2 fully saturated rings. The maximum Gasteiger partial charge on any atom is 0.451 e. The smallest absolute Gasteiger partial charge is 0.451 e. The number of aliphatic carboxylic acids is 1. The SMILES string of the molecule is N[C@@H]1C[C@@H]2C[C@@](N)(C(=O)O)[C@@H](CCCB(O)O)[C@@H]2C1. The third-order valence-corrected chi connectivity index (χ3v) is 4.94. The highest BCUT2D eigenvalue weighted by atomic mass is 16.4. The lowest BCUT2D eigenvalue weighted by Gasteiger charge is -2.30. The summed E-state index contributed by atoms with van der Waals surface area (Å²) >= 11 is 0. The molecule has 108 valence electrons. The first-order valence-corrected chi connectivity index (χ1v) is 6.98. The van der Waals surface area contributed by atoms with E-state index in [1.54, 1.807) is 0 Å². The first-order chi connectivity index (χ1) is 8.84. The van der Waals surface area contributed by atoms with Crippen LogP contribution in [-0.4, -0.2) is 39.8 Å². The van der Waals surface area contributed by atoms with Crippen LogP contribution in [0, 0.1) is 17.8 Å². The van der Waals surface area contributed by atoms with E-state index in [9.17, 15) is 9.90 Å². The molecule has 2 aliphatic rings. The number of rotatable bonds is 5. The highest BCUT2D eigenvalue weighted by Crippen LogP contribution is 2.53. The fourth-order valence-corrected chi connectivity index (χ4v) is 4.13. The van der Waals surface area contributed by atoms with Gasteiger partial charge in [0.05, 0.1) is 0 Å². The molecule has 5 atom stereocenters. The van der Waals surface area contributed by atoms with Gasteiger partial charge in [-0.15, -0.1) is 0 Å². The molecule has 0 aliphatic heterocycles. The van der Waals surface area contributed by atoms with Gasteiger partial charge in [0.15, 0.2) is 0 Å². The van der Waals surface area contributed by atoms with Crippen LogP contribution in [-0.2, 0) is 4.79 Å². The molecule has 0 heterocycles. The fourth-order valence-electron chi connectivity index (χ4n) is 4.13. The van der Waals surface area contributed by atoms with E-state index in [0.717, 1.165) is 12.8 Å². The highest BCUT2D eigenvalue weighted by Gasteiger charge is 2.57. The fraction of sp³-hybridized carbons (Fsp3) is 0.917. The molecule has 0 aromatic heterocycles. The largest absolute Gasteiger partial charge is 0.480 e. The Bertz CT molecular complexity index is 355. The van der Waals surface area contributed by atoms with Crippen molar-refractivity contribution < 1.29 is 19.9 Å². The Hall–Kier alpha value is -0.625. The summed E-state index contributed by atoms with van der Waals surface area (Å²) in [4.78, 5) is 11.5. The van der Waals surface area contributed by atoms with Gasteiger partial charge >= 0.3 is 13.1 Å². The Labute approximate surface area is 113 Å². The summed E-state index contributed by atoms with van der Waals surface area (Å²) in [5.41, 5.74) is 10.9. The summed E-state index contributed by atoms with van der Waals surface area (Å²) < 4.78 is 0. The number of carbonyl (C=O) groups is 1. The zero-order valence-corrected chi connectivity index (χ0v) is 11.0. The number of carboxylic acids is 1. The minimum Gasteiger partial charge on any atom is -0.480 e. The van der Waals surface area contributed by atoms with Crippen LogP contribution in [0.4, 0.5) is 0 Å². The third kappa shape index (κ3) is 2.79. The summed E-state index contributed by atoms with van der Waals surface area (Å²) in [5, 5.41) is 27.2. The van der Waals surface area contributed by atoms with Gasteiger partial charge < -0.3 is 26.6 Å². The predicted molar refractivity (Wildman–Crippen MR) is 71.1 cm³/mol. The Kier molecular flexibility index (Phi) is 4.20. The number of hydrogen-bond donors (Lipinski definition) is 5. The average molecular weight is 270 g/mol. The van der Waals surface area contributed by atoms with E-state index in [1.807, 2.05) is 0 Å². The van der Waals surface area contributed by atoms with Crippen LogP contribution >= 0.6 is 0 Å². The van der Waals surface area contributed by atoms with E-state index < -0.39 is 18.6 Å². The van der Waals surface area contributed by atoms with Crippen LogP contribution in [0.1, 0.15) is 32.1 Å². The normalized spacial score (nSPS) is 41.3. The molecule has 0 aromatic carbocycles. The molecular weight excluding hydrogens is 247 g/mol. The zero-order valence-electron chi connectivity index (χ0n) is 11.0. The van der Waals surface area contributed by atoms with Crippen molar-refractivity contribution in [3.63, 3.8) is 0 Å². The summed E-state index contributed by atoms with van der Waals surface area (Å²) in [6.07, 6.45) is 3.64. The van der Waals surface area contributed by atoms with Crippen molar-refractivity contribution in [3.05, 3.63) is 0 Å². The summed E-state index contributed by atoms with van der Waals surface area (Å²) in [6, 6.07) is 0.152. The lowest BCUT2D eigenvalue weighted by molar-refractivity contribution is -0.145.